The smallest absolute Gasteiger partial charge is 0.257 e. The van der Waals surface area contributed by atoms with Gasteiger partial charge in [-0.1, -0.05) is 24.3 Å². The van der Waals surface area contributed by atoms with Gasteiger partial charge in [0, 0.05) is 13.1 Å². The van der Waals surface area contributed by atoms with Crippen LogP contribution in [0.3, 0.4) is 0 Å². The molecule has 0 fully saturated rings. The van der Waals surface area contributed by atoms with Gasteiger partial charge in [-0.2, -0.15) is 5.26 Å². The normalized spacial score (nSPS) is 10.2. The van der Waals surface area contributed by atoms with Crippen molar-refractivity contribution in [2.75, 3.05) is 13.1 Å². The molecule has 1 N–H and O–H groups in total. The van der Waals surface area contributed by atoms with Gasteiger partial charge in [0.2, 0.25) is 0 Å². The highest BCUT2D eigenvalue weighted by Crippen LogP contribution is 2.26. The lowest BCUT2D eigenvalue weighted by molar-refractivity contribution is 0.0765. The average Bonchev–Trinajstić information content (AvgIpc) is 2.47. The summed E-state index contributed by atoms with van der Waals surface area (Å²) in [4.78, 5) is 14.0. The Bertz CT molecular complexity index is 674. The largest absolute Gasteiger partial charge is 0.507 e. The zero-order chi connectivity index (χ0) is 14.5. The van der Waals surface area contributed by atoms with Crippen LogP contribution in [0.2, 0.25) is 0 Å². The third kappa shape index (κ3) is 2.72. The number of aromatic hydroxyl groups is 1. The first-order valence-corrected chi connectivity index (χ1v) is 6.55. The van der Waals surface area contributed by atoms with Gasteiger partial charge >= 0.3 is 0 Å². The Hall–Kier alpha value is -2.54. The van der Waals surface area contributed by atoms with Crippen LogP contribution in [0.15, 0.2) is 36.4 Å². The van der Waals surface area contributed by atoms with Crippen LogP contribution in [-0.4, -0.2) is 29.0 Å². The summed E-state index contributed by atoms with van der Waals surface area (Å²) in [5, 5.41) is 20.5. The van der Waals surface area contributed by atoms with E-state index >= 15 is 0 Å². The Morgan fingerprint density at radius 1 is 1.30 bits per heavy atom. The maximum absolute atomic E-state index is 12.4. The van der Waals surface area contributed by atoms with Gasteiger partial charge in [-0.05, 0) is 29.8 Å². The van der Waals surface area contributed by atoms with E-state index < -0.39 is 0 Å². The minimum absolute atomic E-state index is 0.0240. The van der Waals surface area contributed by atoms with Gasteiger partial charge in [0.1, 0.15) is 5.75 Å². The molecule has 20 heavy (non-hydrogen) atoms. The quantitative estimate of drug-likeness (QED) is 0.927. The van der Waals surface area contributed by atoms with Gasteiger partial charge in [-0.3, -0.25) is 4.79 Å². The Balaban J connectivity index is 2.38. The fourth-order valence-corrected chi connectivity index (χ4v) is 2.16. The molecule has 0 unspecified atom stereocenters. The summed E-state index contributed by atoms with van der Waals surface area (Å²) in [7, 11) is 0. The number of nitrogens with zero attached hydrogens (tertiary/aromatic N) is 2. The van der Waals surface area contributed by atoms with Crippen LogP contribution in [0.1, 0.15) is 23.7 Å². The predicted molar refractivity (Wildman–Crippen MR) is 77.4 cm³/mol. The van der Waals surface area contributed by atoms with Crippen molar-refractivity contribution in [1.29, 1.82) is 5.26 Å². The molecule has 0 atom stereocenters. The van der Waals surface area contributed by atoms with E-state index in [0.29, 0.717) is 13.1 Å². The second-order valence-electron chi connectivity index (χ2n) is 4.51. The predicted octanol–water partition coefficient (Wildman–Crippen LogP) is 2.92. The topological polar surface area (TPSA) is 64.3 Å². The second kappa shape index (κ2) is 6.07. The van der Waals surface area contributed by atoms with Gasteiger partial charge in [0.15, 0.2) is 0 Å². The summed E-state index contributed by atoms with van der Waals surface area (Å²) < 4.78 is 0. The molecule has 0 saturated carbocycles. The van der Waals surface area contributed by atoms with E-state index in [1.165, 1.54) is 0 Å². The summed E-state index contributed by atoms with van der Waals surface area (Å²) in [6.07, 6.45) is 0.286. The number of fused-ring (bicyclic) bond motifs is 1. The summed E-state index contributed by atoms with van der Waals surface area (Å²) in [6, 6.07) is 12.9. The molecule has 0 radical (unpaired) electrons. The first kappa shape index (κ1) is 13.9. The average molecular weight is 268 g/mol. The van der Waals surface area contributed by atoms with E-state index in [-0.39, 0.29) is 23.6 Å². The van der Waals surface area contributed by atoms with E-state index in [2.05, 4.69) is 0 Å². The molecule has 2 aromatic rings. The molecule has 4 nitrogen and oxygen atoms in total. The molecule has 2 aromatic carbocycles. The molecule has 0 aliphatic rings. The van der Waals surface area contributed by atoms with E-state index in [9.17, 15) is 9.90 Å². The monoisotopic (exact) mass is 268 g/mol. The minimum atomic E-state index is -0.244. The van der Waals surface area contributed by atoms with Crippen molar-refractivity contribution in [3.05, 3.63) is 42.0 Å². The molecule has 0 heterocycles. The fourth-order valence-electron chi connectivity index (χ4n) is 2.16. The van der Waals surface area contributed by atoms with Crippen LogP contribution in [0.4, 0.5) is 0 Å². The van der Waals surface area contributed by atoms with E-state index in [0.717, 1.165) is 10.8 Å². The summed E-state index contributed by atoms with van der Waals surface area (Å²) in [6.45, 7) is 2.73. The van der Waals surface area contributed by atoms with E-state index in [1.54, 1.807) is 17.0 Å². The van der Waals surface area contributed by atoms with Crippen LogP contribution < -0.4 is 0 Å². The van der Waals surface area contributed by atoms with Crippen molar-refractivity contribution in [2.24, 2.45) is 0 Å². The summed E-state index contributed by atoms with van der Waals surface area (Å²) >= 11 is 0. The number of nitriles is 1. The molecule has 0 aliphatic carbocycles. The van der Waals surface area contributed by atoms with Crippen LogP contribution in [0, 0.1) is 11.3 Å². The zero-order valence-electron chi connectivity index (χ0n) is 11.3. The van der Waals surface area contributed by atoms with Crippen LogP contribution in [-0.2, 0) is 0 Å². The molecule has 0 saturated heterocycles. The first-order valence-electron chi connectivity index (χ1n) is 6.55. The first-order chi connectivity index (χ1) is 9.67. The number of rotatable bonds is 4. The molecule has 0 aromatic heterocycles. The SMILES string of the molecule is CCN(CCC#N)C(=O)c1cc2ccccc2cc1O. The van der Waals surface area contributed by atoms with Crippen molar-refractivity contribution in [1.82, 2.24) is 4.90 Å². The molecule has 0 bridgehead atoms. The number of carbonyl (C=O) groups is 1. The van der Waals surface area contributed by atoms with Crippen molar-refractivity contribution in [3.8, 4) is 11.8 Å². The molecule has 0 spiro atoms. The lowest BCUT2D eigenvalue weighted by Crippen LogP contribution is -2.31. The lowest BCUT2D eigenvalue weighted by Gasteiger charge is -2.20. The molecule has 2 rings (SSSR count). The molecular weight excluding hydrogens is 252 g/mol. The highest BCUT2D eigenvalue weighted by atomic mass is 16.3. The molecule has 102 valence electrons. The van der Waals surface area contributed by atoms with Crippen LogP contribution in [0.25, 0.3) is 10.8 Å². The maximum atomic E-state index is 12.4. The molecule has 1 amide bonds. The number of hydrogen-bond donors (Lipinski definition) is 1. The Morgan fingerprint density at radius 2 is 1.95 bits per heavy atom. The number of phenolic OH excluding ortho intramolecular Hbond substituents is 1. The highest BCUT2D eigenvalue weighted by molar-refractivity contribution is 6.01. The third-order valence-corrected chi connectivity index (χ3v) is 3.26. The number of benzene rings is 2. The second-order valence-corrected chi connectivity index (χ2v) is 4.51. The van der Waals surface area contributed by atoms with E-state index in [1.807, 2.05) is 37.3 Å². The van der Waals surface area contributed by atoms with Gasteiger partial charge in [-0.25, -0.2) is 0 Å². The van der Waals surface area contributed by atoms with Crippen molar-refractivity contribution in [3.63, 3.8) is 0 Å². The third-order valence-electron chi connectivity index (χ3n) is 3.26. The number of carbonyl (C=O) groups excluding carboxylic acids is 1. The Labute approximate surface area is 117 Å². The van der Waals surface area contributed by atoms with Gasteiger partial charge in [-0.15, -0.1) is 0 Å². The van der Waals surface area contributed by atoms with Crippen molar-refractivity contribution >= 4 is 16.7 Å². The van der Waals surface area contributed by atoms with Gasteiger partial charge in [0.25, 0.3) is 5.91 Å². The zero-order valence-corrected chi connectivity index (χ0v) is 11.3. The van der Waals surface area contributed by atoms with Gasteiger partial charge in [0.05, 0.1) is 18.1 Å². The molecule has 0 aliphatic heterocycles. The Kier molecular flexibility index (Phi) is 4.21. The Morgan fingerprint density at radius 3 is 2.55 bits per heavy atom. The van der Waals surface area contributed by atoms with Gasteiger partial charge < -0.3 is 10.0 Å². The minimum Gasteiger partial charge on any atom is -0.507 e. The maximum Gasteiger partial charge on any atom is 0.257 e. The highest BCUT2D eigenvalue weighted by Gasteiger charge is 2.18. The number of amides is 1. The molecule has 4 heteroatoms. The van der Waals surface area contributed by atoms with Crippen molar-refractivity contribution < 1.29 is 9.90 Å². The van der Waals surface area contributed by atoms with Crippen molar-refractivity contribution in [2.45, 2.75) is 13.3 Å². The van der Waals surface area contributed by atoms with Crippen LogP contribution in [0.5, 0.6) is 5.75 Å². The fraction of sp³-hybridized carbons (Fsp3) is 0.250. The standard InChI is InChI=1S/C16H16N2O2/c1-2-18(9-5-8-17)16(20)14-10-12-6-3-4-7-13(12)11-15(14)19/h3-4,6-7,10-11,19H,2,5,9H2,1H3. The lowest BCUT2D eigenvalue weighted by atomic mass is 10.0. The number of phenols is 1. The van der Waals surface area contributed by atoms with Crippen LogP contribution >= 0.6 is 0 Å². The van der Waals surface area contributed by atoms with E-state index in [4.69, 9.17) is 5.26 Å². The summed E-state index contributed by atoms with van der Waals surface area (Å²) in [5.41, 5.74) is 0.281. The number of hydrogen-bond acceptors (Lipinski definition) is 3. The summed E-state index contributed by atoms with van der Waals surface area (Å²) in [5.74, 6) is -0.268. The molecular formula is C16H16N2O2.